The number of likely N-dealkylation sites (tertiary alicyclic amines) is 1. The molecule has 0 aromatic heterocycles. The van der Waals surface area contributed by atoms with E-state index in [-0.39, 0.29) is 0 Å². The molecule has 0 aromatic carbocycles. The molecule has 1 aliphatic rings. The van der Waals surface area contributed by atoms with Crippen LogP contribution in [-0.2, 0) is 4.43 Å². The van der Waals surface area contributed by atoms with E-state index in [4.69, 9.17) is 4.43 Å². The van der Waals surface area contributed by atoms with Crippen molar-refractivity contribution in [3.8, 4) is 0 Å². The first-order valence-corrected chi connectivity index (χ1v) is 17.1. The van der Waals surface area contributed by atoms with E-state index >= 15 is 0 Å². The molecule has 3 heteroatoms. The number of rotatable bonds is 19. The van der Waals surface area contributed by atoms with Gasteiger partial charge < -0.3 is 9.33 Å². The molecule has 0 saturated carbocycles. The van der Waals surface area contributed by atoms with E-state index in [9.17, 15) is 0 Å². The minimum absolute atomic E-state index is 0.347. The molecule has 2 nitrogen and oxygen atoms in total. The van der Waals surface area contributed by atoms with Gasteiger partial charge in [-0.25, -0.2) is 0 Å². The van der Waals surface area contributed by atoms with Crippen LogP contribution in [0.2, 0.25) is 18.1 Å². The van der Waals surface area contributed by atoms with Gasteiger partial charge in [0.2, 0.25) is 0 Å². The quantitative estimate of drug-likeness (QED) is 0.143. The zero-order chi connectivity index (χ0) is 22.8. The van der Waals surface area contributed by atoms with E-state index in [1.807, 2.05) is 0 Å². The number of hydrogen-bond donors (Lipinski definition) is 0. The second kappa shape index (κ2) is 17.6. The normalized spacial score (nSPS) is 16.2. The van der Waals surface area contributed by atoms with Gasteiger partial charge in [-0.15, -0.1) is 0 Å². The van der Waals surface area contributed by atoms with Crippen molar-refractivity contribution in [1.29, 1.82) is 0 Å². The maximum atomic E-state index is 6.28. The van der Waals surface area contributed by atoms with Gasteiger partial charge in [-0.05, 0) is 63.4 Å². The van der Waals surface area contributed by atoms with Crippen molar-refractivity contribution < 1.29 is 4.43 Å². The molecular weight excluding hydrogens is 394 g/mol. The first kappa shape index (κ1) is 29.2. The summed E-state index contributed by atoms with van der Waals surface area (Å²) in [7, 11) is -1.52. The van der Waals surface area contributed by atoms with Crippen LogP contribution in [0.5, 0.6) is 0 Å². The van der Waals surface area contributed by atoms with E-state index < -0.39 is 8.32 Å². The molecule has 1 saturated heterocycles. The third-order valence-electron chi connectivity index (χ3n) is 7.84. The van der Waals surface area contributed by atoms with Gasteiger partial charge in [0.15, 0.2) is 8.32 Å². The van der Waals surface area contributed by atoms with Crippen LogP contribution in [0.3, 0.4) is 0 Å². The Labute approximate surface area is 198 Å². The Balaban J connectivity index is 1.72. The third-order valence-corrected chi connectivity index (χ3v) is 12.4. The maximum absolute atomic E-state index is 6.28. The summed E-state index contributed by atoms with van der Waals surface area (Å²) in [6, 6.07) is 0. The fraction of sp³-hybridized carbons (Fsp3) is 1.00. The highest BCUT2D eigenvalue weighted by atomic mass is 28.4. The topological polar surface area (TPSA) is 12.5 Å². The molecule has 0 spiro atoms. The van der Waals surface area contributed by atoms with Gasteiger partial charge >= 0.3 is 0 Å². The molecule has 0 aromatic rings. The van der Waals surface area contributed by atoms with Crippen LogP contribution in [0.15, 0.2) is 0 Å². The highest BCUT2D eigenvalue weighted by Crippen LogP contribution is 2.36. The molecule has 1 aliphatic heterocycles. The maximum Gasteiger partial charge on any atom is 0.191 e. The lowest BCUT2D eigenvalue weighted by Gasteiger charge is -2.36. The summed E-state index contributed by atoms with van der Waals surface area (Å²) in [4.78, 5) is 2.69. The van der Waals surface area contributed by atoms with Crippen LogP contribution in [0.4, 0.5) is 0 Å². The Bertz CT molecular complexity index is 398. The first-order chi connectivity index (χ1) is 14.8. The molecule has 1 fully saturated rings. The van der Waals surface area contributed by atoms with Gasteiger partial charge in [-0.1, -0.05) is 111 Å². The number of unbranched alkanes of at least 4 members (excludes halogenated alkanes) is 14. The van der Waals surface area contributed by atoms with Crippen molar-refractivity contribution in [3.63, 3.8) is 0 Å². The van der Waals surface area contributed by atoms with Crippen molar-refractivity contribution in [3.05, 3.63) is 0 Å². The van der Waals surface area contributed by atoms with E-state index in [2.05, 4.69) is 38.8 Å². The average Bonchev–Trinajstić information content (AvgIpc) is 2.72. The number of piperidine rings is 1. The van der Waals surface area contributed by atoms with E-state index in [0.717, 1.165) is 6.61 Å². The van der Waals surface area contributed by atoms with Crippen LogP contribution in [0.1, 0.15) is 136 Å². The average molecular weight is 454 g/mol. The Morgan fingerprint density at radius 2 is 0.968 bits per heavy atom. The smallest absolute Gasteiger partial charge is 0.191 e. The number of hydrogen-bond acceptors (Lipinski definition) is 2. The monoisotopic (exact) mass is 453 g/mol. The molecule has 0 aliphatic carbocycles. The van der Waals surface area contributed by atoms with Crippen LogP contribution in [0, 0.1) is 0 Å². The second-order valence-electron chi connectivity index (χ2n) is 11.8. The molecule has 1 rings (SSSR count). The van der Waals surface area contributed by atoms with E-state index in [1.54, 1.807) is 0 Å². The largest absolute Gasteiger partial charge is 0.417 e. The summed E-state index contributed by atoms with van der Waals surface area (Å²) >= 11 is 0. The minimum Gasteiger partial charge on any atom is -0.417 e. The van der Waals surface area contributed by atoms with Crippen LogP contribution in [-0.4, -0.2) is 39.5 Å². The zero-order valence-corrected chi connectivity index (χ0v) is 23.4. The van der Waals surface area contributed by atoms with Gasteiger partial charge in [0.05, 0.1) is 0 Å². The molecule has 1 heterocycles. The molecule has 0 amide bonds. The van der Waals surface area contributed by atoms with Gasteiger partial charge in [0.25, 0.3) is 0 Å². The summed E-state index contributed by atoms with van der Waals surface area (Å²) in [6.07, 6.45) is 25.9. The summed E-state index contributed by atoms with van der Waals surface area (Å²) < 4.78 is 6.28. The van der Waals surface area contributed by atoms with Gasteiger partial charge in [-0.2, -0.15) is 0 Å². The van der Waals surface area contributed by atoms with Gasteiger partial charge in [-0.3, -0.25) is 0 Å². The van der Waals surface area contributed by atoms with Crippen molar-refractivity contribution in [2.24, 2.45) is 0 Å². The lowest BCUT2D eigenvalue weighted by molar-refractivity contribution is 0.224. The molecule has 0 N–H and O–H groups in total. The minimum atomic E-state index is -1.52. The van der Waals surface area contributed by atoms with Crippen LogP contribution in [0.25, 0.3) is 0 Å². The first-order valence-electron chi connectivity index (χ1n) is 14.2. The molecule has 0 radical (unpaired) electrons. The molecule has 0 atom stereocenters. The zero-order valence-electron chi connectivity index (χ0n) is 22.4. The lowest BCUT2D eigenvalue weighted by Crippen LogP contribution is -2.40. The van der Waals surface area contributed by atoms with Crippen molar-refractivity contribution >= 4 is 8.32 Å². The highest BCUT2D eigenvalue weighted by Gasteiger charge is 2.36. The molecule has 31 heavy (non-hydrogen) atoms. The Morgan fingerprint density at radius 1 is 0.581 bits per heavy atom. The summed E-state index contributed by atoms with van der Waals surface area (Å²) in [5, 5.41) is 0.347. The molecule has 0 bridgehead atoms. The fourth-order valence-electron chi connectivity index (χ4n) is 4.46. The van der Waals surface area contributed by atoms with Crippen LogP contribution < -0.4 is 0 Å². The Morgan fingerprint density at radius 3 is 1.39 bits per heavy atom. The highest BCUT2D eigenvalue weighted by molar-refractivity contribution is 6.74. The summed E-state index contributed by atoms with van der Waals surface area (Å²) in [5.41, 5.74) is 0. The van der Waals surface area contributed by atoms with Gasteiger partial charge in [0, 0.05) is 6.61 Å². The lowest BCUT2D eigenvalue weighted by atomic mass is 10.0. The summed E-state index contributed by atoms with van der Waals surface area (Å²) in [5.74, 6) is 0. The predicted octanol–water partition coefficient (Wildman–Crippen LogP) is 9.35. The van der Waals surface area contributed by atoms with Crippen molar-refractivity contribution in [1.82, 2.24) is 4.90 Å². The molecule has 186 valence electrons. The Kier molecular flexibility index (Phi) is 16.6. The van der Waals surface area contributed by atoms with Crippen LogP contribution >= 0.6 is 0 Å². The Hall–Kier alpha value is 0.137. The standard InChI is InChI=1S/C28H59NOSi/c1-28(2,3)31(4,5)30-27-23-18-16-14-12-10-8-6-7-9-11-13-15-17-20-24-29-25-21-19-22-26-29/h6-27H2,1-5H3. The SMILES string of the molecule is CC(C)(C)[Si](C)(C)OCCCCCCCCCCCCCCCCCN1CCCCC1. The van der Waals surface area contributed by atoms with Gasteiger partial charge in [0.1, 0.15) is 0 Å². The fourth-order valence-corrected chi connectivity index (χ4v) is 5.55. The van der Waals surface area contributed by atoms with E-state index in [0.29, 0.717) is 5.04 Å². The van der Waals surface area contributed by atoms with Crippen molar-refractivity contribution in [2.75, 3.05) is 26.2 Å². The van der Waals surface area contributed by atoms with Crippen molar-refractivity contribution in [2.45, 2.75) is 154 Å². The predicted molar refractivity (Wildman–Crippen MR) is 143 cm³/mol. The molecular formula is C28H59NOSi. The summed E-state index contributed by atoms with van der Waals surface area (Å²) in [6.45, 7) is 16.8. The number of nitrogens with zero attached hydrogens (tertiary/aromatic N) is 1. The van der Waals surface area contributed by atoms with E-state index in [1.165, 1.54) is 135 Å². The second-order valence-corrected chi connectivity index (χ2v) is 16.6. The molecule has 0 unspecified atom stereocenters. The third kappa shape index (κ3) is 15.6.